The monoisotopic (exact) mass is 636 g/mol. The van der Waals surface area contributed by atoms with Gasteiger partial charge in [0.25, 0.3) is 0 Å². The zero-order valence-corrected chi connectivity index (χ0v) is 29.7. The average molecular weight is 637 g/mol. The van der Waals surface area contributed by atoms with E-state index < -0.39 is 0 Å². The number of ether oxygens (including phenoxy) is 1. The summed E-state index contributed by atoms with van der Waals surface area (Å²) in [5.74, 6) is 4.47. The van der Waals surface area contributed by atoms with Gasteiger partial charge in [-0.3, -0.25) is 4.57 Å². The van der Waals surface area contributed by atoms with Crippen LogP contribution in [0, 0.1) is 25.7 Å². The second-order valence-electron chi connectivity index (χ2n) is 14.4. The first-order valence-corrected chi connectivity index (χ1v) is 17.7. The van der Waals surface area contributed by atoms with Gasteiger partial charge in [0.15, 0.2) is 0 Å². The molecule has 3 atom stereocenters. The first kappa shape index (κ1) is 31.9. The fourth-order valence-corrected chi connectivity index (χ4v) is 8.20. The summed E-state index contributed by atoms with van der Waals surface area (Å²) in [5.41, 5.74) is 10.9. The molecule has 0 N–H and O–H groups in total. The highest BCUT2D eigenvalue weighted by molar-refractivity contribution is 6.09. The molecule has 0 bridgehead atoms. The largest absolute Gasteiger partial charge is 0.457 e. The molecule has 48 heavy (non-hydrogen) atoms. The SMILES string of the molecule is CCCc1ccnc(-n2c3ccccc3c3ccc(Oc4cc(C(C)C)cc(-n5nc(C)c([C@H]6C(C)=C[C@H](C)CC6C)c5C)c4)cc32)c1. The van der Waals surface area contributed by atoms with Gasteiger partial charge < -0.3 is 4.74 Å². The normalized spacial score (nSPS) is 18.2. The topological polar surface area (TPSA) is 44.9 Å². The van der Waals surface area contributed by atoms with E-state index >= 15 is 0 Å². The van der Waals surface area contributed by atoms with Gasteiger partial charge >= 0.3 is 0 Å². The van der Waals surface area contributed by atoms with E-state index in [0.717, 1.165) is 52.6 Å². The molecule has 0 saturated heterocycles. The van der Waals surface area contributed by atoms with E-state index in [9.17, 15) is 0 Å². The van der Waals surface area contributed by atoms with E-state index in [-0.39, 0.29) is 0 Å². The van der Waals surface area contributed by atoms with E-state index in [1.54, 1.807) is 0 Å². The maximum atomic E-state index is 6.74. The molecule has 1 aliphatic carbocycles. The number of aryl methyl sites for hydroxylation is 2. The zero-order chi connectivity index (χ0) is 33.7. The van der Waals surface area contributed by atoms with Gasteiger partial charge in [-0.25, -0.2) is 9.67 Å². The predicted molar refractivity (Wildman–Crippen MR) is 199 cm³/mol. The molecule has 6 aromatic rings. The van der Waals surface area contributed by atoms with Crippen molar-refractivity contribution in [3.8, 4) is 23.0 Å². The fourth-order valence-electron chi connectivity index (χ4n) is 8.20. The van der Waals surface area contributed by atoms with E-state index in [1.807, 2.05) is 6.20 Å². The lowest BCUT2D eigenvalue weighted by Gasteiger charge is -2.32. The Labute approximate surface area is 285 Å². The van der Waals surface area contributed by atoms with Crippen LogP contribution in [0.2, 0.25) is 0 Å². The molecule has 3 heterocycles. The summed E-state index contributed by atoms with van der Waals surface area (Å²) < 4.78 is 11.2. The predicted octanol–water partition coefficient (Wildman–Crippen LogP) is 11.6. The van der Waals surface area contributed by atoms with E-state index in [1.165, 1.54) is 45.2 Å². The van der Waals surface area contributed by atoms with Crippen LogP contribution < -0.4 is 4.74 Å². The maximum absolute atomic E-state index is 6.74. The minimum Gasteiger partial charge on any atom is -0.457 e. The molecule has 246 valence electrons. The summed E-state index contributed by atoms with van der Waals surface area (Å²) >= 11 is 0. The zero-order valence-electron chi connectivity index (χ0n) is 29.7. The minimum atomic E-state index is 0.334. The number of nitrogens with zero attached hydrogens (tertiary/aromatic N) is 4. The Bertz CT molecular complexity index is 2160. The van der Waals surface area contributed by atoms with Crippen molar-refractivity contribution in [2.24, 2.45) is 11.8 Å². The van der Waals surface area contributed by atoms with Crippen molar-refractivity contribution in [2.45, 2.75) is 86.5 Å². The Hall–Kier alpha value is -4.64. The molecule has 0 spiro atoms. The van der Waals surface area contributed by atoms with Gasteiger partial charge in [0.2, 0.25) is 0 Å². The van der Waals surface area contributed by atoms with Gasteiger partial charge in [-0.05, 0) is 105 Å². The average Bonchev–Trinajstić information content (AvgIpc) is 3.53. The molecule has 5 nitrogen and oxygen atoms in total. The highest BCUT2D eigenvalue weighted by Crippen LogP contribution is 2.43. The van der Waals surface area contributed by atoms with Gasteiger partial charge in [-0.1, -0.05) is 70.9 Å². The number of aromatic nitrogens is 4. The smallest absolute Gasteiger partial charge is 0.137 e. The maximum Gasteiger partial charge on any atom is 0.137 e. The van der Waals surface area contributed by atoms with Crippen LogP contribution in [0.5, 0.6) is 11.5 Å². The molecule has 0 fully saturated rings. The summed E-state index contributed by atoms with van der Waals surface area (Å²) in [6.07, 6.45) is 7.72. The summed E-state index contributed by atoms with van der Waals surface area (Å²) in [7, 11) is 0. The number of hydrogen-bond acceptors (Lipinski definition) is 3. The quantitative estimate of drug-likeness (QED) is 0.156. The lowest BCUT2D eigenvalue weighted by atomic mass is 9.72. The summed E-state index contributed by atoms with van der Waals surface area (Å²) in [5, 5.41) is 7.54. The van der Waals surface area contributed by atoms with Crippen LogP contribution in [-0.2, 0) is 6.42 Å². The third-order valence-corrected chi connectivity index (χ3v) is 10.3. The van der Waals surface area contributed by atoms with Crippen molar-refractivity contribution in [3.05, 3.63) is 119 Å². The van der Waals surface area contributed by atoms with Crippen molar-refractivity contribution in [1.82, 2.24) is 19.3 Å². The first-order valence-electron chi connectivity index (χ1n) is 17.7. The van der Waals surface area contributed by atoms with Crippen molar-refractivity contribution in [1.29, 1.82) is 0 Å². The number of allylic oxidation sites excluding steroid dienone is 2. The van der Waals surface area contributed by atoms with Crippen LogP contribution >= 0.6 is 0 Å². The molecule has 0 amide bonds. The number of benzene rings is 3. The lowest BCUT2D eigenvalue weighted by molar-refractivity contribution is 0.390. The van der Waals surface area contributed by atoms with Crippen molar-refractivity contribution in [3.63, 3.8) is 0 Å². The molecule has 7 rings (SSSR count). The van der Waals surface area contributed by atoms with Gasteiger partial charge in [0, 0.05) is 46.3 Å². The van der Waals surface area contributed by atoms with Gasteiger partial charge in [0.05, 0.1) is 22.4 Å². The van der Waals surface area contributed by atoms with Crippen LogP contribution in [0.1, 0.15) is 94.3 Å². The van der Waals surface area contributed by atoms with Crippen molar-refractivity contribution < 1.29 is 4.74 Å². The number of fused-ring (bicyclic) bond motifs is 3. The molecule has 0 aliphatic heterocycles. The highest BCUT2D eigenvalue weighted by Gasteiger charge is 2.31. The van der Waals surface area contributed by atoms with Crippen LogP contribution in [0.3, 0.4) is 0 Å². The first-order chi connectivity index (χ1) is 23.1. The third kappa shape index (κ3) is 5.74. The number of hydrogen-bond donors (Lipinski definition) is 0. The number of pyridine rings is 1. The third-order valence-electron chi connectivity index (χ3n) is 10.3. The van der Waals surface area contributed by atoms with E-state index in [4.69, 9.17) is 14.8 Å². The molecular weight excluding hydrogens is 589 g/mol. The molecule has 1 unspecified atom stereocenters. The highest BCUT2D eigenvalue weighted by atomic mass is 16.5. The number of para-hydroxylation sites is 1. The fraction of sp³-hybridized carbons (Fsp3) is 0.349. The number of rotatable bonds is 8. The Morgan fingerprint density at radius 1 is 0.875 bits per heavy atom. The van der Waals surface area contributed by atoms with Crippen LogP contribution in [0.15, 0.2) is 90.6 Å². The standard InChI is InChI=1S/C43H48N4O/c1-9-12-32-17-18-44-41(21-32)46-39-14-11-10-13-37(39)38-16-15-35(25-40(38)46)48-36-23-33(26(2)3)22-34(24-36)47-31(8)43(30(7)45-47)42-28(5)19-27(4)20-29(42)6/h10-11,13-19,21-27,29,42H,9,12,20H2,1-8H3/t27-,29?,42-/m0/s1. The Morgan fingerprint density at radius 2 is 1.67 bits per heavy atom. The molecule has 1 aliphatic rings. The van der Waals surface area contributed by atoms with Crippen molar-refractivity contribution >= 4 is 21.8 Å². The molecule has 3 aromatic heterocycles. The Balaban J connectivity index is 1.31. The molecular formula is C43H48N4O. The Morgan fingerprint density at radius 3 is 2.44 bits per heavy atom. The van der Waals surface area contributed by atoms with Gasteiger partial charge in [-0.15, -0.1) is 0 Å². The molecule has 3 aromatic carbocycles. The summed E-state index contributed by atoms with van der Waals surface area (Å²) in [6, 6.07) is 25.9. The van der Waals surface area contributed by atoms with Crippen LogP contribution in [-0.4, -0.2) is 19.3 Å². The second-order valence-corrected chi connectivity index (χ2v) is 14.4. The molecule has 5 heteroatoms. The van der Waals surface area contributed by atoms with Crippen molar-refractivity contribution in [2.75, 3.05) is 0 Å². The lowest BCUT2D eigenvalue weighted by Crippen LogP contribution is -2.20. The summed E-state index contributed by atoms with van der Waals surface area (Å²) in [4.78, 5) is 4.83. The Kier molecular flexibility index (Phi) is 8.49. The van der Waals surface area contributed by atoms with E-state index in [0.29, 0.717) is 23.7 Å². The van der Waals surface area contributed by atoms with Gasteiger partial charge in [0.1, 0.15) is 17.3 Å². The minimum absolute atomic E-state index is 0.334. The van der Waals surface area contributed by atoms with Crippen LogP contribution in [0.25, 0.3) is 33.3 Å². The second kappa shape index (κ2) is 12.8. The molecule has 0 saturated carbocycles. The molecule has 0 radical (unpaired) electrons. The van der Waals surface area contributed by atoms with Gasteiger partial charge in [-0.2, -0.15) is 5.10 Å². The van der Waals surface area contributed by atoms with E-state index in [2.05, 4.69) is 144 Å². The van der Waals surface area contributed by atoms with Crippen LogP contribution in [0.4, 0.5) is 0 Å². The summed E-state index contributed by atoms with van der Waals surface area (Å²) in [6.45, 7) is 18.1.